The number of carbonyl (C=O) groups excluding carboxylic acids is 2. The van der Waals surface area contributed by atoms with Crippen LogP contribution in [0.2, 0.25) is 0 Å². The van der Waals surface area contributed by atoms with Gasteiger partial charge in [0.1, 0.15) is 11.7 Å². The second-order valence-electron chi connectivity index (χ2n) is 8.75. The minimum atomic E-state index is -5.93. The van der Waals surface area contributed by atoms with E-state index >= 15 is 0 Å². The van der Waals surface area contributed by atoms with Gasteiger partial charge in [-0.3, -0.25) is 4.79 Å². The number of methoxy groups -OCH3 is 2. The summed E-state index contributed by atoms with van der Waals surface area (Å²) in [4.78, 5) is 25.5. The summed E-state index contributed by atoms with van der Waals surface area (Å²) in [5.41, 5.74) is -5.91. The molecule has 180 valence electrons. The highest BCUT2D eigenvalue weighted by Crippen LogP contribution is 2.70. The van der Waals surface area contributed by atoms with E-state index in [1.54, 1.807) is 0 Å². The molecule has 0 radical (unpaired) electrons. The second kappa shape index (κ2) is 7.20. The van der Waals surface area contributed by atoms with Gasteiger partial charge in [0.25, 0.3) is 0 Å². The van der Waals surface area contributed by atoms with Crippen LogP contribution in [-0.4, -0.2) is 52.8 Å². The highest BCUT2D eigenvalue weighted by Gasteiger charge is 2.68. The summed E-state index contributed by atoms with van der Waals surface area (Å²) in [6.07, 6.45) is -0.480. The predicted octanol–water partition coefficient (Wildman–Crippen LogP) is 2.93. The topological polar surface area (TPSA) is 105 Å². The third kappa shape index (κ3) is 3.10. The smallest absolute Gasteiger partial charge is 0.468 e. The number of hydrogen-bond acceptors (Lipinski definition) is 8. The number of benzene rings is 1. The first-order chi connectivity index (χ1) is 15.2. The molecule has 33 heavy (non-hydrogen) atoms. The molecule has 2 aliphatic carbocycles. The average molecular weight is 490 g/mol. The lowest BCUT2D eigenvalue weighted by molar-refractivity contribution is -0.147. The number of carbonyl (C=O) groups is 2. The molecule has 0 N–H and O–H groups in total. The number of alkyl halides is 3. The van der Waals surface area contributed by atoms with E-state index in [0.29, 0.717) is 11.1 Å². The first kappa shape index (κ1) is 23.6. The summed E-state index contributed by atoms with van der Waals surface area (Å²) in [7, 11) is -3.52. The lowest BCUT2D eigenvalue weighted by Gasteiger charge is -2.45. The minimum Gasteiger partial charge on any atom is -0.468 e. The monoisotopic (exact) mass is 490 g/mol. The number of ether oxygens (including phenoxy) is 3. The van der Waals surface area contributed by atoms with Crippen LogP contribution in [0.25, 0.3) is 5.57 Å². The number of halogens is 3. The maximum absolute atomic E-state index is 12.9. The molecule has 1 fully saturated rings. The Balaban J connectivity index is 1.98. The molecule has 2 unspecified atom stereocenters. The molecule has 0 amide bonds. The Hall–Kier alpha value is -2.60. The van der Waals surface area contributed by atoms with Gasteiger partial charge in [-0.05, 0) is 35.3 Å². The van der Waals surface area contributed by atoms with Crippen LogP contribution in [0.5, 0.6) is 5.75 Å². The molecule has 1 aliphatic heterocycles. The number of fused-ring (bicyclic) bond motifs is 2. The van der Waals surface area contributed by atoms with Gasteiger partial charge in [0.15, 0.2) is 0 Å². The highest BCUT2D eigenvalue weighted by molar-refractivity contribution is 7.88. The first-order valence-corrected chi connectivity index (χ1v) is 11.3. The summed E-state index contributed by atoms with van der Waals surface area (Å²) >= 11 is 0. The van der Waals surface area contributed by atoms with Crippen molar-refractivity contribution in [2.45, 2.75) is 37.8 Å². The fourth-order valence-corrected chi connectivity index (χ4v) is 5.81. The van der Waals surface area contributed by atoms with Crippen molar-refractivity contribution in [3.8, 4) is 5.75 Å². The lowest BCUT2D eigenvalue weighted by Crippen LogP contribution is -2.46. The van der Waals surface area contributed by atoms with E-state index in [9.17, 15) is 31.2 Å². The van der Waals surface area contributed by atoms with E-state index in [0.717, 1.165) is 12.1 Å². The molecule has 0 saturated carbocycles. The molecule has 0 bridgehead atoms. The molecule has 12 heteroatoms. The van der Waals surface area contributed by atoms with Crippen LogP contribution in [-0.2, 0) is 33.9 Å². The van der Waals surface area contributed by atoms with Gasteiger partial charge in [-0.1, -0.05) is 19.9 Å². The Labute approximate surface area is 187 Å². The van der Waals surface area contributed by atoms with Crippen molar-refractivity contribution in [1.82, 2.24) is 0 Å². The van der Waals surface area contributed by atoms with Gasteiger partial charge in [-0.15, -0.1) is 0 Å². The summed E-state index contributed by atoms with van der Waals surface area (Å²) in [6.45, 7) is 3.91. The number of rotatable bonds is 4. The molecule has 4 rings (SSSR count). The zero-order valence-corrected chi connectivity index (χ0v) is 18.9. The summed E-state index contributed by atoms with van der Waals surface area (Å²) in [5.74, 6) is -2.82. The van der Waals surface area contributed by atoms with Gasteiger partial charge in [-0.25, -0.2) is 4.79 Å². The molecule has 0 aromatic heterocycles. The van der Waals surface area contributed by atoms with Crippen LogP contribution in [0.4, 0.5) is 13.2 Å². The Kier molecular flexibility index (Phi) is 5.14. The van der Waals surface area contributed by atoms with Crippen molar-refractivity contribution in [3.05, 3.63) is 34.9 Å². The Morgan fingerprint density at radius 1 is 1.15 bits per heavy atom. The standard InChI is InChI=1S/C21H21F3O8S/c1-19-8-13(17(25)29-3)15-12-7-10(32-33(27,28)21(22,23)24)5-6-11(12)14(18(26)30-4)16(31-9-19)20(15,19)2/h5-7,14,16H,8-9H2,1-4H3/t14?,16?,19-,20+/m1/s1. The van der Waals surface area contributed by atoms with E-state index < -0.39 is 56.2 Å². The first-order valence-electron chi connectivity index (χ1n) is 9.88. The molecule has 1 aromatic carbocycles. The van der Waals surface area contributed by atoms with E-state index in [1.807, 2.05) is 13.8 Å². The quantitative estimate of drug-likeness (QED) is 0.361. The van der Waals surface area contributed by atoms with Crippen molar-refractivity contribution in [2.24, 2.45) is 10.8 Å². The molecular weight excluding hydrogens is 469 g/mol. The van der Waals surface area contributed by atoms with E-state index in [1.165, 1.54) is 20.3 Å². The maximum atomic E-state index is 12.9. The molecule has 3 aliphatic rings. The molecule has 4 atom stereocenters. The summed E-state index contributed by atoms with van der Waals surface area (Å²) in [6, 6.07) is 3.40. The maximum Gasteiger partial charge on any atom is 0.534 e. The van der Waals surface area contributed by atoms with E-state index in [4.69, 9.17) is 14.2 Å². The molecule has 1 heterocycles. The van der Waals surface area contributed by atoms with Crippen LogP contribution in [0.15, 0.2) is 23.8 Å². The Bertz CT molecular complexity index is 1190. The summed E-state index contributed by atoms with van der Waals surface area (Å²) < 4.78 is 82.0. The van der Waals surface area contributed by atoms with Gasteiger partial charge in [0.05, 0.1) is 26.9 Å². The van der Waals surface area contributed by atoms with Crippen molar-refractivity contribution in [3.63, 3.8) is 0 Å². The van der Waals surface area contributed by atoms with Crippen LogP contribution < -0.4 is 4.18 Å². The molecule has 0 spiro atoms. The average Bonchev–Trinajstić information content (AvgIpc) is 3.13. The summed E-state index contributed by atoms with van der Waals surface area (Å²) in [5, 5.41) is 0. The minimum absolute atomic E-state index is 0.214. The lowest BCUT2D eigenvalue weighted by atomic mass is 9.56. The fourth-order valence-electron chi connectivity index (χ4n) is 5.36. The molecule has 1 saturated heterocycles. The zero-order valence-electron chi connectivity index (χ0n) is 18.1. The normalized spacial score (nSPS) is 30.5. The molecular formula is C21H21F3O8S. The van der Waals surface area contributed by atoms with Gasteiger partial charge in [-0.2, -0.15) is 21.6 Å². The van der Waals surface area contributed by atoms with Gasteiger partial charge >= 0.3 is 27.6 Å². The van der Waals surface area contributed by atoms with Crippen molar-refractivity contribution in [1.29, 1.82) is 0 Å². The van der Waals surface area contributed by atoms with Crippen molar-refractivity contribution >= 4 is 27.6 Å². The largest absolute Gasteiger partial charge is 0.534 e. The predicted molar refractivity (Wildman–Crippen MR) is 106 cm³/mol. The SMILES string of the molecule is COC(=O)C1=C2c3cc(OS(=O)(=O)C(F)(F)F)ccc3C(C(=O)OC)C3OC[C@@](C)(C1)[C@@]23C. The molecule has 1 aromatic rings. The van der Waals surface area contributed by atoms with Gasteiger partial charge < -0.3 is 18.4 Å². The third-order valence-electron chi connectivity index (χ3n) is 7.10. The van der Waals surface area contributed by atoms with Crippen molar-refractivity contribution < 1.29 is 49.6 Å². The van der Waals surface area contributed by atoms with Crippen LogP contribution in [0.3, 0.4) is 0 Å². The van der Waals surface area contributed by atoms with Crippen LogP contribution >= 0.6 is 0 Å². The number of hydrogen-bond donors (Lipinski definition) is 0. The van der Waals surface area contributed by atoms with Gasteiger partial charge in [0, 0.05) is 16.4 Å². The second-order valence-corrected chi connectivity index (χ2v) is 10.3. The highest BCUT2D eigenvalue weighted by atomic mass is 32.2. The van der Waals surface area contributed by atoms with Crippen LogP contribution in [0, 0.1) is 10.8 Å². The third-order valence-corrected chi connectivity index (χ3v) is 8.08. The van der Waals surface area contributed by atoms with E-state index in [2.05, 4.69) is 4.18 Å². The zero-order chi connectivity index (χ0) is 24.6. The van der Waals surface area contributed by atoms with Crippen LogP contribution in [0.1, 0.15) is 37.3 Å². The number of esters is 2. The molecule has 8 nitrogen and oxygen atoms in total. The van der Waals surface area contributed by atoms with Gasteiger partial charge in [0.2, 0.25) is 0 Å². The Morgan fingerprint density at radius 2 is 1.82 bits per heavy atom. The fraction of sp³-hybridized carbons (Fsp3) is 0.524. The Morgan fingerprint density at radius 3 is 2.39 bits per heavy atom. The van der Waals surface area contributed by atoms with Crippen molar-refractivity contribution in [2.75, 3.05) is 20.8 Å². The van der Waals surface area contributed by atoms with E-state index in [-0.39, 0.29) is 24.2 Å².